The minimum atomic E-state index is -0.670. The maximum atomic E-state index is 12.3. The van der Waals surface area contributed by atoms with E-state index in [1.54, 1.807) is 25.1 Å². The summed E-state index contributed by atoms with van der Waals surface area (Å²) in [4.78, 5) is 38.5. The predicted octanol–water partition coefficient (Wildman–Crippen LogP) is 1.25. The minimum absolute atomic E-state index is 0. The van der Waals surface area contributed by atoms with Gasteiger partial charge in [-0.2, -0.15) is 0 Å². The number of rotatable bonds is 5. The third-order valence-electron chi connectivity index (χ3n) is 4.79. The molecule has 1 fully saturated rings. The molecule has 7 nitrogen and oxygen atoms in total. The normalized spacial score (nSPS) is 16.9. The number of nitrogens with one attached hydrogen (secondary N) is 3. The molecule has 3 N–H and O–H groups in total. The zero-order valence-electron chi connectivity index (χ0n) is 14.8. The van der Waals surface area contributed by atoms with E-state index in [-0.39, 0.29) is 18.3 Å². The van der Waals surface area contributed by atoms with Crippen molar-refractivity contribution in [3.63, 3.8) is 0 Å². The monoisotopic (exact) mass is 380 g/mol. The van der Waals surface area contributed by atoms with Crippen molar-refractivity contribution < 1.29 is 4.79 Å². The van der Waals surface area contributed by atoms with Crippen LogP contribution in [0.5, 0.6) is 0 Å². The van der Waals surface area contributed by atoms with Gasteiger partial charge in [0.1, 0.15) is 0 Å². The van der Waals surface area contributed by atoms with E-state index >= 15 is 0 Å². The van der Waals surface area contributed by atoms with Gasteiger partial charge in [0.2, 0.25) is 0 Å². The van der Waals surface area contributed by atoms with Gasteiger partial charge in [0, 0.05) is 18.7 Å². The van der Waals surface area contributed by atoms with Gasteiger partial charge in [-0.25, -0.2) is 0 Å². The van der Waals surface area contributed by atoms with Crippen LogP contribution < -0.4 is 21.8 Å². The predicted molar refractivity (Wildman–Crippen MR) is 104 cm³/mol. The summed E-state index contributed by atoms with van der Waals surface area (Å²) >= 11 is 0. The van der Waals surface area contributed by atoms with Crippen molar-refractivity contribution in [1.82, 2.24) is 20.2 Å². The van der Waals surface area contributed by atoms with Gasteiger partial charge in [0.25, 0.3) is 5.91 Å². The summed E-state index contributed by atoms with van der Waals surface area (Å²) in [6, 6.07) is 5.01. The fourth-order valence-corrected chi connectivity index (χ4v) is 3.40. The molecule has 1 unspecified atom stereocenters. The second kappa shape index (κ2) is 9.00. The molecule has 1 aromatic carbocycles. The molecule has 1 atom stereocenters. The molecule has 0 radical (unpaired) electrons. The maximum Gasteiger partial charge on any atom is 0.316 e. The SMILES string of the molecule is CCn1c(=O)c(=O)[nH]c2cc(C(=O)NCCC3CCCNC3)ccc21.Cl. The van der Waals surface area contributed by atoms with Crippen LogP contribution in [0.3, 0.4) is 0 Å². The molecule has 3 rings (SSSR count). The Balaban J connectivity index is 0.00000243. The second-order valence-electron chi connectivity index (χ2n) is 6.49. The number of aryl methyl sites for hydroxylation is 1. The smallest absolute Gasteiger partial charge is 0.316 e. The average molecular weight is 381 g/mol. The standard InChI is InChI=1S/C18H24N4O3.ClH/c1-2-22-15-6-5-13(10-14(15)21-17(24)18(22)25)16(23)20-9-7-12-4-3-8-19-11-12;/h5-6,10,12,19H,2-4,7-9,11H2,1H3,(H,20,23)(H,21,24);1H. The van der Waals surface area contributed by atoms with Crippen LogP contribution in [0.25, 0.3) is 11.0 Å². The van der Waals surface area contributed by atoms with E-state index in [0.29, 0.717) is 35.6 Å². The van der Waals surface area contributed by atoms with Crippen LogP contribution in [0, 0.1) is 5.92 Å². The molecule has 0 aliphatic carbocycles. The van der Waals surface area contributed by atoms with Crippen LogP contribution in [0.1, 0.15) is 36.5 Å². The van der Waals surface area contributed by atoms with Crippen LogP contribution in [-0.4, -0.2) is 35.1 Å². The third-order valence-corrected chi connectivity index (χ3v) is 4.79. The third kappa shape index (κ3) is 4.34. The van der Waals surface area contributed by atoms with Crippen LogP contribution >= 0.6 is 12.4 Å². The van der Waals surface area contributed by atoms with Gasteiger partial charge in [-0.1, -0.05) is 0 Å². The van der Waals surface area contributed by atoms with Crippen LogP contribution in [-0.2, 0) is 6.54 Å². The number of hydrogen-bond donors (Lipinski definition) is 3. The Morgan fingerprint density at radius 3 is 2.85 bits per heavy atom. The first-order valence-corrected chi connectivity index (χ1v) is 8.86. The van der Waals surface area contributed by atoms with Crippen LogP contribution in [0.15, 0.2) is 27.8 Å². The van der Waals surface area contributed by atoms with E-state index < -0.39 is 11.1 Å². The summed E-state index contributed by atoms with van der Waals surface area (Å²) in [6.07, 6.45) is 3.35. The highest BCUT2D eigenvalue weighted by molar-refractivity contribution is 5.97. The maximum absolute atomic E-state index is 12.3. The highest BCUT2D eigenvalue weighted by atomic mass is 35.5. The largest absolute Gasteiger partial charge is 0.352 e. The molecule has 1 aliphatic heterocycles. The number of hydrogen-bond acceptors (Lipinski definition) is 4. The second-order valence-corrected chi connectivity index (χ2v) is 6.49. The number of carbonyl (C=O) groups is 1. The Bertz CT molecular complexity index is 884. The van der Waals surface area contributed by atoms with Crippen molar-refractivity contribution >= 4 is 29.3 Å². The fourth-order valence-electron chi connectivity index (χ4n) is 3.40. The molecule has 2 heterocycles. The van der Waals surface area contributed by atoms with Crippen molar-refractivity contribution in [2.24, 2.45) is 5.92 Å². The number of piperidine rings is 1. The Hall–Kier alpha value is -2.12. The van der Waals surface area contributed by atoms with Gasteiger partial charge in [-0.05, 0) is 63.4 Å². The number of carbonyl (C=O) groups excluding carboxylic acids is 1. The lowest BCUT2D eigenvalue weighted by atomic mass is 9.96. The van der Waals surface area contributed by atoms with E-state index in [4.69, 9.17) is 0 Å². The minimum Gasteiger partial charge on any atom is -0.352 e. The van der Waals surface area contributed by atoms with E-state index in [0.717, 1.165) is 19.5 Å². The summed E-state index contributed by atoms with van der Waals surface area (Å²) in [5.41, 5.74) is 0.351. The first kappa shape index (κ1) is 20.2. The highest BCUT2D eigenvalue weighted by Gasteiger charge is 2.14. The summed E-state index contributed by atoms with van der Waals surface area (Å²) in [7, 11) is 0. The Kier molecular flexibility index (Phi) is 6.99. The van der Waals surface area contributed by atoms with E-state index in [1.165, 1.54) is 17.4 Å². The average Bonchev–Trinajstić information content (AvgIpc) is 2.63. The molecule has 1 saturated heterocycles. The van der Waals surface area contributed by atoms with Crippen molar-refractivity contribution in [2.75, 3.05) is 19.6 Å². The lowest BCUT2D eigenvalue weighted by Gasteiger charge is -2.22. The molecule has 0 bridgehead atoms. The van der Waals surface area contributed by atoms with Gasteiger partial charge in [-0.3, -0.25) is 14.4 Å². The molecule has 0 spiro atoms. The van der Waals surface area contributed by atoms with Gasteiger partial charge < -0.3 is 20.2 Å². The van der Waals surface area contributed by atoms with Crippen molar-refractivity contribution in [1.29, 1.82) is 0 Å². The zero-order chi connectivity index (χ0) is 17.8. The van der Waals surface area contributed by atoms with Crippen LogP contribution in [0.2, 0.25) is 0 Å². The molecular weight excluding hydrogens is 356 g/mol. The number of aromatic amines is 1. The summed E-state index contributed by atoms with van der Waals surface area (Å²) in [5, 5.41) is 6.31. The number of aromatic nitrogens is 2. The summed E-state index contributed by atoms with van der Waals surface area (Å²) in [5.74, 6) is 0.446. The van der Waals surface area contributed by atoms with Crippen molar-refractivity contribution in [2.45, 2.75) is 32.7 Å². The molecule has 1 amide bonds. The lowest BCUT2D eigenvalue weighted by Crippen LogP contribution is -2.36. The molecule has 2 aromatic rings. The number of nitrogens with zero attached hydrogens (tertiary/aromatic N) is 1. The van der Waals surface area contributed by atoms with Crippen molar-refractivity contribution in [3.05, 3.63) is 44.5 Å². The Morgan fingerprint density at radius 1 is 1.35 bits per heavy atom. The number of benzene rings is 1. The lowest BCUT2D eigenvalue weighted by molar-refractivity contribution is 0.0950. The molecule has 1 aliphatic rings. The molecule has 26 heavy (non-hydrogen) atoms. The van der Waals surface area contributed by atoms with Gasteiger partial charge in [-0.15, -0.1) is 12.4 Å². The van der Waals surface area contributed by atoms with Gasteiger partial charge in [0.05, 0.1) is 11.0 Å². The molecule has 1 aromatic heterocycles. The van der Waals surface area contributed by atoms with Crippen LogP contribution in [0.4, 0.5) is 0 Å². The number of halogens is 1. The van der Waals surface area contributed by atoms with Crippen molar-refractivity contribution in [3.8, 4) is 0 Å². The number of H-pyrrole nitrogens is 1. The topological polar surface area (TPSA) is 96.0 Å². The van der Waals surface area contributed by atoms with E-state index in [1.807, 2.05) is 0 Å². The Labute approximate surface area is 157 Å². The molecular formula is C18H25ClN4O3. The quantitative estimate of drug-likeness (QED) is 0.680. The van der Waals surface area contributed by atoms with Gasteiger partial charge in [0.15, 0.2) is 0 Å². The number of amides is 1. The molecule has 142 valence electrons. The first-order chi connectivity index (χ1) is 12.1. The molecule has 0 saturated carbocycles. The zero-order valence-corrected chi connectivity index (χ0v) is 15.7. The Morgan fingerprint density at radius 2 is 2.15 bits per heavy atom. The first-order valence-electron chi connectivity index (χ1n) is 8.86. The van der Waals surface area contributed by atoms with E-state index in [9.17, 15) is 14.4 Å². The molecule has 8 heteroatoms. The summed E-state index contributed by atoms with van der Waals surface area (Å²) in [6.45, 7) is 4.94. The summed E-state index contributed by atoms with van der Waals surface area (Å²) < 4.78 is 1.41. The fraction of sp³-hybridized carbons (Fsp3) is 0.500. The van der Waals surface area contributed by atoms with Gasteiger partial charge >= 0.3 is 11.1 Å². The highest BCUT2D eigenvalue weighted by Crippen LogP contribution is 2.14. The number of fused-ring (bicyclic) bond motifs is 1. The van der Waals surface area contributed by atoms with E-state index in [2.05, 4.69) is 15.6 Å².